The first-order valence-corrected chi connectivity index (χ1v) is 5.04. The lowest BCUT2D eigenvalue weighted by Crippen LogP contribution is -2.24. The lowest BCUT2D eigenvalue weighted by atomic mass is 9.91. The minimum atomic E-state index is -0.286. The molecule has 1 atom stereocenters. The smallest absolute Gasteiger partial charge is 0.226 e. The first kappa shape index (κ1) is 8.50. The molecule has 0 bridgehead atoms. The number of hydrogen-bond donors (Lipinski definition) is 2. The molecular formula is C8H11N3OS. The molecule has 1 aromatic heterocycles. The SMILES string of the molecule is NC(=O)[C@@H]1CCCc2sc(N)nc21. The Labute approximate surface area is 80.0 Å². The van der Waals surface area contributed by atoms with E-state index in [9.17, 15) is 4.79 Å². The summed E-state index contributed by atoms with van der Waals surface area (Å²) in [5.74, 6) is -0.497. The third-order valence-electron chi connectivity index (χ3n) is 2.31. The van der Waals surface area contributed by atoms with E-state index in [1.54, 1.807) is 0 Å². The fraction of sp³-hybridized carbons (Fsp3) is 0.500. The van der Waals surface area contributed by atoms with Crippen LogP contribution in [-0.2, 0) is 11.2 Å². The van der Waals surface area contributed by atoms with Crippen LogP contribution in [0.25, 0.3) is 0 Å². The molecule has 0 saturated carbocycles. The molecule has 0 saturated heterocycles. The van der Waals surface area contributed by atoms with Gasteiger partial charge in [0.1, 0.15) is 0 Å². The summed E-state index contributed by atoms with van der Waals surface area (Å²) in [6, 6.07) is 0. The highest BCUT2D eigenvalue weighted by Crippen LogP contribution is 2.35. The van der Waals surface area contributed by atoms with Crippen LogP contribution in [0.4, 0.5) is 5.13 Å². The molecule has 0 spiro atoms. The predicted octanol–water partition coefficient (Wildman–Crippen LogP) is 0.630. The minimum absolute atomic E-state index is 0.211. The highest BCUT2D eigenvalue weighted by atomic mass is 32.1. The van der Waals surface area contributed by atoms with Crippen molar-refractivity contribution in [3.05, 3.63) is 10.6 Å². The number of nitrogens with zero attached hydrogens (tertiary/aromatic N) is 1. The molecule has 0 aromatic carbocycles. The fourth-order valence-corrected chi connectivity index (χ4v) is 2.65. The Morgan fingerprint density at radius 1 is 1.62 bits per heavy atom. The molecule has 4 nitrogen and oxygen atoms in total. The quantitative estimate of drug-likeness (QED) is 0.692. The zero-order valence-corrected chi connectivity index (χ0v) is 7.93. The second-order valence-corrected chi connectivity index (χ2v) is 4.32. The van der Waals surface area contributed by atoms with Gasteiger partial charge in [-0.1, -0.05) is 0 Å². The summed E-state index contributed by atoms with van der Waals surface area (Å²) < 4.78 is 0. The molecule has 4 N–H and O–H groups in total. The van der Waals surface area contributed by atoms with Crippen LogP contribution in [0, 0.1) is 0 Å². The van der Waals surface area contributed by atoms with Gasteiger partial charge in [0.15, 0.2) is 5.13 Å². The molecule has 1 heterocycles. The van der Waals surface area contributed by atoms with Crippen molar-refractivity contribution in [1.29, 1.82) is 0 Å². The standard InChI is InChI=1S/C8H11N3OS/c9-7(12)4-2-1-3-5-6(4)11-8(10)13-5/h4H,1-3H2,(H2,9,12)(H2,10,11)/t4-/m1/s1. The van der Waals surface area contributed by atoms with Crippen LogP contribution < -0.4 is 11.5 Å². The molecule has 0 unspecified atom stereocenters. The average Bonchev–Trinajstić information content (AvgIpc) is 2.43. The number of nitrogens with two attached hydrogens (primary N) is 2. The molecule has 5 heteroatoms. The van der Waals surface area contributed by atoms with E-state index in [1.165, 1.54) is 11.3 Å². The number of anilines is 1. The lowest BCUT2D eigenvalue weighted by molar-refractivity contribution is -0.119. The van der Waals surface area contributed by atoms with Crippen molar-refractivity contribution < 1.29 is 4.79 Å². The van der Waals surface area contributed by atoms with Crippen molar-refractivity contribution in [2.75, 3.05) is 5.73 Å². The third kappa shape index (κ3) is 1.39. The maximum absolute atomic E-state index is 11.1. The number of rotatable bonds is 1. The van der Waals surface area contributed by atoms with E-state index in [2.05, 4.69) is 4.98 Å². The van der Waals surface area contributed by atoms with Crippen LogP contribution in [0.2, 0.25) is 0 Å². The number of carbonyl (C=O) groups excluding carboxylic acids is 1. The summed E-state index contributed by atoms with van der Waals surface area (Å²) >= 11 is 1.47. The molecule has 70 valence electrons. The van der Waals surface area contributed by atoms with E-state index in [4.69, 9.17) is 11.5 Å². The molecule has 0 radical (unpaired) electrons. The van der Waals surface area contributed by atoms with E-state index < -0.39 is 0 Å². The topological polar surface area (TPSA) is 82.0 Å². The first-order valence-electron chi connectivity index (χ1n) is 4.23. The number of aryl methyl sites for hydroxylation is 1. The van der Waals surface area contributed by atoms with E-state index in [0.717, 1.165) is 29.8 Å². The Hall–Kier alpha value is -1.10. The number of fused-ring (bicyclic) bond motifs is 1. The molecule has 2 rings (SSSR count). The van der Waals surface area contributed by atoms with E-state index in [0.29, 0.717) is 5.13 Å². The van der Waals surface area contributed by atoms with Crippen LogP contribution in [-0.4, -0.2) is 10.9 Å². The minimum Gasteiger partial charge on any atom is -0.375 e. The summed E-state index contributed by atoms with van der Waals surface area (Å²) in [5, 5.41) is 0.540. The monoisotopic (exact) mass is 197 g/mol. The van der Waals surface area contributed by atoms with Crippen molar-refractivity contribution in [1.82, 2.24) is 4.98 Å². The van der Waals surface area contributed by atoms with E-state index in [1.807, 2.05) is 0 Å². The third-order valence-corrected chi connectivity index (χ3v) is 3.27. The molecule has 0 aliphatic heterocycles. The van der Waals surface area contributed by atoms with Crippen molar-refractivity contribution in [3.8, 4) is 0 Å². The molecule has 1 aliphatic rings. The summed E-state index contributed by atoms with van der Waals surface area (Å²) in [6.45, 7) is 0. The molecule has 1 aliphatic carbocycles. The maximum atomic E-state index is 11.1. The van der Waals surface area contributed by atoms with Gasteiger partial charge in [-0.25, -0.2) is 4.98 Å². The summed E-state index contributed by atoms with van der Waals surface area (Å²) in [4.78, 5) is 16.4. The molecular weight excluding hydrogens is 186 g/mol. The second kappa shape index (κ2) is 2.99. The van der Waals surface area contributed by atoms with E-state index >= 15 is 0 Å². The van der Waals surface area contributed by atoms with Crippen molar-refractivity contribution in [2.24, 2.45) is 5.73 Å². The van der Waals surface area contributed by atoms with Crippen molar-refractivity contribution in [3.63, 3.8) is 0 Å². The normalized spacial score (nSPS) is 21.1. The predicted molar refractivity (Wildman–Crippen MR) is 51.4 cm³/mol. The van der Waals surface area contributed by atoms with Crippen LogP contribution >= 0.6 is 11.3 Å². The van der Waals surface area contributed by atoms with Gasteiger partial charge in [0.25, 0.3) is 0 Å². The van der Waals surface area contributed by atoms with Crippen LogP contribution in [0.1, 0.15) is 29.3 Å². The highest BCUT2D eigenvalue weighted by Gasteiger charge is 2.27. The lowest BCUT2D eigenvalue weighted by Gasteiger charge is -2.17. The van der Waals surface area contributed by atoms with Gasteiger partial charge in [-0.3, -0.25) is 4.79 Å². The first-order chi connectivity index (χ1) is 6.18. The largest absolute Gasteiger partial charge is 0.375 e. The van der Waals surface area contributed by atoms with Gasteiger partial charge in [-0.15, -0.1) is 11.3 Å². The Morgan fingerprint density at radius 3 is 3.08 bits per heavy atom. The highest BCUT2D eigenvalue weighted by molar-refractivity contribution is 7.15. The Kier molecular flexibility index (Phi) is 1.95. The number of aromatic nitrogens is 1. The average molecular weight is 197 g/mol. The second-order valence-electron chi connectivity index (χ2n) is 3.21. The van der Waals surface area contributed by atoms with E-state index in [-0.39, 0.29) is 11.8 Å². The van der Waals surface area contributed by atoms with Crippen LogP contribution in [0.5, 0.6) is 0 Å². The van der Waals surface area contributed by atoms with Gasteiger partial charge < -0.3 is 11.5 Å². The van der Waals surface area contributed by atoms with Gasteiger partial charge in [-0.05, 0) is 19.3 Å². The zero-order chi connectivity index (χ0) is 9.42. The Morgan fingerprint density at radius 2 is 2.38 bits per heavy atom. The molecule has 1 amide bonds. The fourth-order valence-electron chi connectivity index (χ4n) is 1.71. The summed E-state index contributed by atoms with van der Waals surface area (Å²) in [7, 11) is 0. The number of primary amides is 1. The number of carbonyl (C=O) groups is 1. The summed E-state index contributed by atoms with van der Waals surface area (Å²) in [5.41, 5.74) is 11.7. The Bertz CT molecular complexity index is 347. The summed E-state index contributed by atoms with van der Waals surface area (Å²) in [6.07, 6.45) is 2.79. The molecule has 1 aromatic rings. The Balaban J connectivity index is 2.41. The van der Waals surface area contributed by atoms with Gasteiger partial charge in [-0.2, -0.15) is 0 Å². The number of nitrogen functional groups attached to an aromatic ring is 1. The van der Waals surface area contributed by atoms with Crippen LogP contribution in [0.15, 0.2) is 0 Å². The number of amides is 1. The van der Waals surface area contributed by atoms with Gasteiger partial charge in [0.2, 0.25) is 5.91 Å². The zero-order valence-electron chi connectivity index (χ0n) is 7.12. The van der Waals surface area contributed by atoms with Gasteiger partial charge in [0, 0.05) is 4.88 Å². The van der Waals surface area contributed by atoms with Crippen molar-refractivity contribution >= 4 is 22.4 Å². The van der Waals surface area contributed by atoms with Crippen LogP contribution in [0.3, 0.4) is 0 Å². The number of hydrogen-bond acceptors (Lipinski definition) is 4. The van der Waals surface area contributed by atoms with Gasteiger partial charge >= 0.3 is 0 Å². The molecule has 13 heavy (non-hydrogen) atoms. The maximum Gasteiger partial charge on any atom is 0.226 e. The molecule has 0 fully saturated rings. The van der Waals surface area contributed by atoms with Gasteiger partial charge in [0.05, 0.1) is 11.6 Å². The van der Waals surface area contributed by atoms with Crippen molar-refractivity contribution in [2.45, 2.75) is 25.2 Å². The number of thiazole rings is 1.